The van der Waals surface area contributed by atoms with Gasteiger partial charge in [0.15, 0.2) is 0 Å². The smallest absolute Gasteiger partial charge is 0.493 e. The number of hydrogen-bond donors (Lipinski definition) is 1. The third kappa shape index (κ3) is 9.32. The van der Waals surface area contributed by atoms with Crippen molar-refractivity contribution in [2.75, 3.05) is 46.0 Å². The second kappa shape index (κ2) is 14.7. The minimum atomic E-state index is -4.83. The quantitative estimate of drug-likeness (QED) is 0.315. The molecule has 1 N–H and O–H groups in total. The third-order valence-corrected chi connectivity index (χ3v) is 7.22. The zero-order chi connectivity index (χ0) is 30.9. The fourth-order valence-corrected chi connectivity index (χ4v) is 5.42. The lowest BCUT2D eigenvalue weighted by molar-refractivity contribution is -0.304. The van der Waals surface area contributed by atoms with Gasteiger partial charge in [0.05, 0.1) is 25.4 Å². The standard InChI is InChI=1S/C27H35FN2O4.C3H3F3O2/c1-3-33-23-15-20(16-24(34-4-2)26(23)21-5-7-22(28)8-6-21)18-29-11-9-27(10-12-29)17-25(32)30(19-27)13-14-31;1-2(7)8-3(4,5)6/h5-8,15-16,31H,3-4,9-14,17-19H2,1-2H3;1H3. The van der Waals surface area contributed by atoms with Crippen LogP contribution in [0.1, 0.15) is 45.6 Å². The van der Waals surface area contributed by atoms with Crippen molar-refractivity contribution >= 4 is 11.9 Å². The van der Waals surface area contributed by atoms with Gasteiger partial charge in [-0.1, -0.05) is 12.1 Å². The molecule has 0 unspecified atom stereocenters. The number of halogens is 4. The Morgan fingerprint density at radius 2 is 1.60 bits per heavy atom. The molecule has 2 heterocycles. The maximum atomic E-state index is 13.5. The summed E-state index contributed by atoms with van der Waals surface area (Å²) in [4.78, 5) is 26.1. The normalized spacial score (nSPS) is 16.7. The molecular formula is C30H38F4N2O6. The van der Waals surface area contributed by atoms with Crippen molar-refractivity contribution in [1.82, 2.24) is 9.80 Å². The van der Waals surface area contributed by atoms with Gasteiger partial charge >= 0.3 is 12.3 Å². The maximum absolute atomic E-state index is 13.5. The number of esters is 1. The first-order chi connectivity index (χ1) is 19.9. The van der Waals surface area contributed by atoms with E-state index >= 15 is 0 Å². The fraction of sp³-hybridized carbons (Fsp3) is 0.533. The number of benzene rings is 2. The zero-order valence-corrected chi connectivity index (χ0v) is 24.1. The summed E-state index contributed by atoms with van der Waals surface area (Å²) in [5.41, 5.74) is 2.86. The number of carbonyl (C=O) groups is 2. The van der Waals surface area contributed by atoms with Crippen LogP contribution in [0.3, 0.4) is 0 Å². The van der Waals surface area contributed by atoms with Gasteiger partial charge in [-0.3, -0.25) is 14.5 Å². The summed E-state index contributed by atoms with van der Waals surface area (Å²) in [7, 11) is 0. The molecule has 2 fully saturated rings. The lowest BCUT2D eigenvalue weighted by atomic mass is 9.77. The van der Waals surface area contributed by atoms with Crippen LogP contribution in [0, 0.1) is 11.2 Å². The molecule has 2 aliphatic heterocycles. The van der Waals surface area contributed by atoms with E-state index in [1.165, 1.54) is 12.1 Å². The molecule has 232 valence electrons. The van der Waals surface area contributed by atoms with Crippen molar-refractivity contribution in [3.63, 3.8) is 0 Å². The molecule has 42 heavy (non-hydrogen) atoms. The van der Waals surface area contributed by atoms with Crippen molar-refractivity contribution in [2.45, 2.75) is 52.9 Å². The lowest BCUT2D eigenvalue weighted by Crippen LogP contribution is -2.41. The van der Waals surface area contributed by atoms with Gasteiger partial charge in [-0.15, -0.1) is 13.2 Å². The summed E-state index contributed by atoms with van der Waals surface area (Å²) in [6.07, 6.45) is -2.28. The highest BCUT2D eigenvalue weighted by molar-refractivity contribution is 5.79. The summed E-state index contributed by atoms with van der Waals surface area (Å²) >= 11 is 0. The highest BCUT2D eigenvalue weighted by Gasteiger charge is 2.44. The van der Waals surface area contributed by atoms with E-state index in [2.05, 4.69) is 21.8 Å². The van der Waals surface area contributed by atoms with Crippen molar-refractivity contribution in [2.24, 2.45) is 5.41 Å². The molecule has 0 atom stereocenters. The SMILES string of the molecule is CC(=O)OC(F)(F)F.CCOc1cc(CN2CCC3(CC2)CC(=O)N(CCO)C3)cc(OCC)c1-c1ccc(F)cc1. The van der Waals surface area contributed by atoms with E-state index in [4.69, 9.17) is 9.47 Å². The van der Waals surface area contributed by atoms with Gasteiger partial charge in [-0.05, 0) is 80.6 Å². The highest BCUT2D eigenvalue weighted by atomic mass is 19.4. The zero-order valence-electron chi connectivity index (χ0n) is 24.1. The van der Waals surface area contributed by atoms with Gasteiger partial charge in [0.2, 0.25) is 5.91 Å². The minimum Gasteiger partial charge on any atom is -0.493 e. The van der Waals surface area contributed by atoms with Crippen molar-refractivity contribution in [1.29, 1.82) is 0 Å². The number of aliphatic hydroxyl groups is 1. The van der Waals surface area contributed by atoms with E-state index in [1.807, 2.05) is 18.7 Å². The van der Waals surface area contributed by atoms with E-state index in [0.29, 0.717) is 33.1 Å². The molecule has 0 saturated carbocycles. The fourth-order valence-electron chi connectivity index (χ4n) is 5.42. The number of rotatable bonds is 9. The molecule has 2 aliphatic rings. The van der Waals surface area contributed by atoms with Crippen molar-refractivity contribution in [3.05, 3.63) is 47.8 Å². The largest absolute Gasteiger partial charge is 0.575 e. The minimum absolute atomic E-state index is 0.0200. The molecule has 2 saturated heterocycles. The van der Waals surface area contributed by atoms with Gasteiger partial charge in [-0.2, -0.15) is 0 Å². The number of ether oxygens (including phenoxy) is 3. The molecule has 0 aliphatic carbocycles. The Bertz CT molecular complexity index is 1170. The summed E-state index contributed by atoms with van der Waals surface area (Å²) in [5, 5.41) is 9.22. The first-order valence-electron chi connectivity index (χ1n) is 13.9. The first kappa shape index (κ1) is 33.1. The number of β-amino-alcohol motifs (C(OH)–C–C–N with tert-alkyl or cyclic N) is 1. The molecule has 0 bridgehead atoms. The Kier molecular flexibility index (Phi) is 11.6. The average Bonchev–Trinajstić information content (AvgIpc) is 3.20. The Labute approximate surface area is 243 Å². The lowest BCUT2D eigenvalue weighted by Gasteiger charge is -2.39. The van der Waals surface area contributed by atoms with Crippen LogP contribution >= 0.6 is 0 Å². The maximum Gasteiger partial charge on any atom is 0.575 e. The van der Waals surface area contributed by atoms with Gasteiger partial charge in [0, 0.05) is 33.0 Å². The first-order valence-corrected chi connectivity index (χ1v) is 13.9. The molecule has 2 aromatic rings. The van der Waals surface area contributed by atoms with E-state index in [0.717, 1.165) is 67.2 Å². The topological polar surface area (TPSA) is 88.5 Å². The van der Waals surface area contributed by atoms with Gasteiger partial charge in [-0.25, -0.2) is 4.39 Å². The summed E-state index contributed by atoms with van der Waals surface area (Å²) in [5.74, 6) is 0.0239. The van der Waals surface area contributed by atoms with E-state index in [1.54, 1.807) is 12.1 Å². The predicted octanol–water partition coefficient (Wildman–Crippen LogP) is 5.17. The van der Waals surface area contributed by atoms with Crippen LogP contribution in [0.5, 0.6) is 11.5 Å². The molecule has 2 aromatic carbocycles. The second-order valence-electron chi connectivity index (χ2n) is 10.4. The molecule has 12 heteroatoms. The molecule has 8 nitrogen and oxygen atoms in total. The molecule has 1 amide bonds. The summed E-state index contributed by atoms with van der Waals surface area (Å²) < 4.78 is 60.9. The van der Waals surface area contributed by atoms with Crippen LogP contribution in [-0.4, -0.2) is 79.1 Å². The molecule has 4 rings (SSSR count). The van der Waals surface area contributed by atoms with Crippen LogP contribution in [0.15, 0.2) is 36.4 Å². The van der Waals surface area contributed by atoms with Gasteiger partial charge < -0.3 is 24.2 Å². The van der Waals surface area contributed by atoms with Gasteiger partial charge in [0.1, 0.15) is 17.3 Å². The van der Waals surface area contributed by atoms with Crippen LogP contribution in [0.2, 0.25) is 0 Å². The third-order valence-electron chi connectivity index (χ3n) is 7.22. The summed E-state index contributed by atoms with van der Waals surface area (Å²) in [6, 6.07) is 10.5. The molecular weight excluding hydrogens is 560 g/mol. The molecule has 1 spiro atoms. The number of hydrogen-bond acceptors (Lipinski definition) is 7. The van der Waals surface area contributed by atoms with E-state index < -0.39 is 12.3 Å². The second-order valence-corrected chi connectivity index (χ2v) is 10.4. The van der Waals surface area contributed by atoms with E-state index in [9.17, 15) is 32.3 Å². The molecule has 0 aromatic heterocycles. The highest BCUT2D eigenvalue weighted by Crippen LogP contribution is 2.43. The van der Waals surface area contributed by atoms with Crippen LogP contribution in [-0.2, 0) is 20.9 Å². The number of piperidine rings is 1. The number of alkyl halides is 3. The Balaban J connectivity index is 0.000000531. The monoisotopic (exact) mass is 598 g/mol. The molecule has 0 radical (unpaired) electrons. The van der Waals surface area contributed by atoms with Gasteiger partial charge in [0.25, 0.3) is 0 Å². The van der Waals surface area contributed by atoms with Crippen molar-refractivity contribution < 1.29 is 46.5 Å². The van der Waals surface area contributed by atoms with Crippen LogP contribution < -0.4 is 9.47 Å². The number of carbonyl (C=O) groups excluding carboxylic acids is 2. The van der Waals surface area contributed by atoms with Crippen molar-refractivity contribution in [3.8, 4) is 22.6 Å². The number of likely N-dealkylation sites (tertiary alicyclic amines) is 2. The van der Waals surface area contributed by atoms with E-state index in [-0.39, 0.29) is 23.7 Å². The van der Waals surface area contributed by atoms with Crippen LogP contribution in [0.4, 0.5) is 17.6 Å². The Morgan fingerprint density at radius 3 is 2.05 bits per heavy atom. The number of nitrogens with zero attached hydrogens (tertiary/aromatic N) is 2. The average molecular weight is 599 g/mol. The predicted molar refractivity (Wildman–Crippen MR) is 147 cm³/mol. The number of aliphatic hydroxyl groups excluding tert-OH is 1. The Morgan fingerprint density at radius 1 is 1.02 bits per heavy atom. The summed E-state index contributed by atoms with van der Waals surface area (Å²) in [6.45, 7) is 9.47. The Hall–Kier alpha value is -3.38. The number of amides is 1. The van der Waals surface area contributed by atoms with Crippen LogP contribution in [0.25, 0.3) is 11.1 Å².